The fraction of sp³-hybridized carbons (Fsp3) is 0.364. The van der Waals surface area contributed by atoms with E-state index in [0.717, 1.165) is 36.0 Å². The summed E-state index contributed by atoms with van der Waals surface area (Å²) in [4.78, 5) is 25.0. The molecule has 0 spiro atoms. The Kier molecular flexibility index (Phi) is 4.38. The molecular formula is C22H22O5. The molecule has 0 amide bonds. The van der Waals surface area contributed by atoms with Crippen molar-refractivity contribution in [3.05, 3.63) is 70.7 Å². The molecule has 5 heteroatoms. The summed E-state index contributed by atoms with van der Waals surface area (Å²) in [5.74, 6) is -0.696. The summed E-state index contributed by atoms with van der Waals surface area (Å²) in [5.41, 5.74) is 3.55. The van der Waals surface area contributed by atoms with E-state index in [1.807, 2.05) is 32.0 Å². The summed E-state index contributed by atoms with van der Waals surface area (Å²) >= 11 is 0. The quantitative estimate of drug-likeness (QED) is 0.744. The Morgan fingerprint density at radius 1 is 1.26 bits per heavy atom. The molecule has 1 saturated heterocycles. The Hall–Kier alpha value is -2.82. The van der Waals surface area contributed by atoms with Crippen molar-refractivity contribution in [3.8, 4) is 0 Å². The smallest absolute Gasteiger partial charge is 0.338 e. The first-order valence-corrected chi connectivity index (χ1v) is 9.18. The summed E-state index contributed by atoms with van der Waals surface area (Å²) < 4.78 is 16.4. The molecule has 2 heterocycles. The second kappa shape index (κ2) is 6.72. The molecular weight excluding hydrogens is 344 g/mol. The van der Waals surface area contributed by atoms with E-state index in [9.17, 15) is 9.59 Å². The molecule has 4 rings (SSSR count). The van der Waals surface area contributed by atoms with Gasteiger partial charge in [0.15, 0.2) is 0 Å². The van der Waals surface area contributed by atoms with Crippen LogP contribution in [-0.4, -0.2) is 18.5 Å². The number of esters is 2. The van der Waals surface area contributed by atoms with Gasteiger partial charge in [-0.2, -0.15) is 0 Å². The average molecular weight is 366 g/mol. The summed E-state index contributed by atoms with van der Waals surface area (Å²) in [6.07, 6.45) is 5.35. The number of fused-ring (bicyclic) bond motifs is 1. The molecule has 1 aromatic carbocycles. The molecule has 2 aliphatic rings. The van der Waals surface area contributed by atoms with Gasteiger partial charge in [-0.25, -0.2) is 9.59 Å². The van der Waals surface area contributed by atoms with Crippen LogP contribution in [0, 0.1) is 12.3 Å². The molecule has 2 atom stereocenters. The van der Waals surface area contributed by atoms with Gasteiger partial charge in [0, 0.05) is 16.6 Å². The largest absolute Gasteiger partial charge is 0.472 e. The van der Waals surface area contributed by atoms with Crippen molar-refractivity contribution in [3.63, 3.8) is 0 Å². The topological polar surface area (TPSA) is 65.7 Å². The van der Waals surface area contributed by atoms with Crippen LogP contribution in [0.3, 0.4) is 0 Å². The lowest BCUT2D eigenvalue weighted by atomic mass is 9.68. The van der Waals surface area contributed by atoms with Gasteiger partial charge in [-0.3, -0.25) is 0 Å². The monoisotopic (exact) mass is 366 g/mol. The summed E-state index contributed by atoms with van der Waals surface area (Å²) in [6, 6.07) is 9.08. The van der Waals surface area contributed by atoms with Crippen LogP contribution in [0.4, 0.5) is 0 Å². The summed E-state index contributed by atoms with van der Waals surface area (Å²) in [6.45, 7) is 4.13. The second-order valence-corrected chi connectivity index (χ2v) is 7.53. The lowest BCUT2D eigenvalue weighted by molar-refractivity contribution is -0.140. The van der Waals surface area contributed by atoms with Gasteiger partial charge in [0.25, 0.3) is 0 Å². The summed E-state index contributed by atoms with van der Waals surface area (Å²) in [5, 5.41) is 0. The Morgan fingerprint density at radius 2 is 2.04 bits per heavy atom. The van der Waals surface area contributed by atoms with E-state index in [0.29, 0.717) is 11.1 Å². The molecule has 0 radical (unpaired) electrons. The van der Waals surface area contributed by atoms with Gasteiger partial charge in [0.1, 0.15) is 12.7 Å². The van der Waals surface area contributed by atoms with Crippen molar-refractivity contribution in [1.82, 2.24) is 0 Å². The standard InChI is InChI=1S/C22H22O5/c1-14-5-7-15(8-6-14)20(23)26-13-16-4-3-10-22(2)18(16)21(24)27-19(22)17-9-11-25-12-17/h5-9,11-12,19H,3-4,10,13H2,1-2H3/t19-,22+/m0/s1. The maximum atomic E-state index is 12.6. The molecule has 0 unspecified atom stereocenters. The van der Waals surface area contributed by atoms with Crippen molar-refractivity contribution in [2.75, 3.05) is 6.61 Å². The molecule has 1 aliphatic carbocycles. The number of hydrogen-bond donors (Lipinski definition) is 0. The van der Waals surface area contributed by atoms with E-state index in [1.54, 1.807) is 24.7 Å². The number of carbonyl (C=O) groups is 2. The number of hydrogen-bond acceptors (Lipinski definition) is 5. The third-order valence-corrected chi connectivity index (χ3v) is 5.62. The van der Waals surface area contributed by atoms with Gasteiger partial charge in [0.05, 0.1) is 18.1 Å². The molecule has 27 heavy (non-hydrogen) atoms. The van der Waals surface area contributed by atoms with Gasteiger partial charge < -0.3 is 13.9 Å². The van der Waals surface area contributed by atoms with Crippen LogP contribution in [0.5, 0.6) is 0 Å². The number of cyclic esters (lactones) is 1. The highest BCUT2D eigenvalue weighted by atomic mass is 16.6. The molecule has 1 fully saturated rings. The van der Waals surface area contributed by atoms with E-state index < -0.39 is 5.41 Å². The Bertz CT molecular complexity index is 891. The zero-order valence-electron chi connectivity index (χ0n) is 15.5. The Labute approximate surface area is 158 Å². The molecule has 5 nitrogen and oxygen atoms in total. The van der Waals surface area contributed by atoms with Crippen LogP contribution in [0.15, 0.2) is 58.4 Å². The normalized spacial score (nSPS) is 24.5. The lowest BCUT2D eigenvalue weighted by Gasteiger charge is -2.33. The van der Waals surface area contributed by atoms with Gasteiger partial charge in [0.2, 0.25) is 0 Å². The third-order valence-electron chi connectivity index (χ3n) is 5.62. The van der Waals surface area contributed by atoms with Crippen molar-refractivity contribution in [1.29, 1.82) is 0 Å². The molecule has 0 saturated carbocycles. The van der Waals surface area contributed by atoms with Crippen molar-refractivity contribution < 1.29 is 23.5 Å². The minimum absolute atomic E-state index is 0.116. The fourth-order valence-corrected chi connectivity index (χ4v) is 4.19. The highest BCUT2D eigenvalue weighted by Crippen LogP contribution is 2.55. The van der Waals surface area contributed by atoms with Gasteiger partial charge in [-0.1, -0.05) is 24.6 Å². The van der Waals surface area contributed by atoms with E-state index in [1.165, 1.54) is 0 Å². The van der Waals surface area contributed by atoms with Crippen LogP contribution in [0.2, 0.25) is 0 Å². The average Bonchev–Trinajstić information content (AvgIpc) is 3.26. The Morgan fingerprint density at radius 3 is 2.74 bits per heavy atom. The highest BCUT2D eigenvalue weighted by molar-refractivity contribution is 5.94. The number of aryl methyl sites for hydroxylation is 1. The predicted octanol–water partition coefficient (Wildman–Crippen LogP) is 4.53. The Balaban J connectivity index is 1.57. The zero-order valence-corrected chi connectivity index (χ0v) is 15.5. The van der Waals surface area contributed by atoms with Crippen LogP contribution >= 0.6 is 0 Å². The van der Waals surface area contributed by atoms with E-state index in [-0.39, 0.29) is 24.6 Å². The maximum absolute atomic E-state index is 12.6. The van der Waals surface area contributed by atoms with Crippen molar-refractivity contribution in [2.45, 2.75) is 39.2 Å². The lowest BCUT2D eigenvalue weighted by Crippen LogP contribution is -2.28. The minimum atomic E-state index is -0.426. The van der Waals surface area contributed by atoms with Crippen molar-refractivity contribution in [2.24, 2.45) is 5.41 Å². The van der Waals surface area contributed by atoms with Crippen LogP contribution < -0.4 is 0 Å². The highest BCUT2D eigenvalue weighted by Gasteiger charge is 2.53. The first-order chi connectivity index (χ1) is 13.0. The first kappa shape index (κ1) is 17.6. The van der Waals surface area contributed by atoms with E-state index in [4.69, 9.17) is 13.9 Å². The molecule has 1 aliphatic heterocycles. The number of benzene rings is 1. The van der Waals surface area contributed by atoms with Gasteiger partial charge in [-0.15, -0.1) is 0 Å². The number of ether oxygens (including phenoxy) is 2. The zero-order chi connectivity index (χ0) is 19.0. The van der Waals surface area contributed by atoms with Crippen LogP contribution in [0.25, 0.3) is 0 Å². The maximum Gasteiger partial charge on any atom is 0.338 e. The third kappa shape index (κ3) is 3.07. The molecule has 140 valence electrons. The number of furan rings is 1. The number of carbonyl (C=O) groups excluding carboxylic acids is 2. The first-order valence-electron chi connectivity index (χ1n) is 9.18. The van der Waals surface area contributed by atoms with E-state index >= 15 is 0 Å². The van der Waals surface area contributed by atoms with Gasteiger partial charge >= 0.3 is 11.9 Å². The van der Waals surface area contributed by atoms with Crippen LogP contribution in [-0.2, 0) is 14.3 Å². The molecule has 2 aromatic rings. The SMILES string of the molecule is Cc1ccc(C(=O)OCC2=C3C(=O)O[C@@H](c4ccoc4)[C@]3(C)CCC2)cc1. The van der Waals surface area contributed by atoms with Gasteiger partial charge in [-0.05, 0) is 50.0 Å². The molecule has 0 N–H and O–H groups in total. The fourth-order valence-electron chi connectivity index (χ4n) is 4.19. The predicted molar refractivity (Wildman–Crippen MR) is 98.0 cm³/mol. The number of rotatable bonds is 4. The second-order valence-electron chi connectivity index (χ2n) is 7.53. The van der Waals surface area contributed by atoms with Crippen molar-refractivity contribution >= 4 is 11.9 Å². The molecule has 0 bridgehead atoms. The minimum Gasteiger partial charge on any atom is -0.472 e. The van der Waals surface area contributed by atoms with Crippen LogP contribution in [0.1, 0.15) is 53.8 Å². The molecule has 1 aromatic heterocycles. The summed E-state index contributed by atoms with van der Waals surface area (Å²) in [7, 11) is 0. The van der Waals surface area contributed by atoms with E-state index in [2.05, 4.69) is 0 Å².